The second-order valence-corrected chi connectivity index (χ2v) is 22.3. The molecule has 1 aromatic carbocycles. The fraction of sp³-hybridized carbons (Fsp3) is 0.611. The minimum atomic E-state index is -0.676. The molecule has 0 radical (unpaired) electrons. The van der Waals surface area contributed by atoms with E-state index in [1.165, 1.54) is 19.3 Å². The number of imidazole rings is 1. The number of hydrogen-bond donors (Lipinski definition) is 2. The number of piperidine rings is 5. The lowest BCUT2D eigenvalue weighted by molar-refractivity contribution is -0.144. The van der Waals surface area contributed by atoms with Gasteiger partial charge in [-0.3, -0.25) is 29.3 Å². The molecule has 1 unspecified atom stereocenters. The van der Waals surface area contributed by atoms with Crippen molar-refractivity contribution in [3.05, 3.63) is 54.0 Å². The van der Waals surface area contributed by atoms with E-state index in [4.69, 9.17) is 9.97 Å². The van der Waals surface area contributed by atoms with Gasteiger partial charge in [0.1, 0.15) is 5.52 Å². The van der Waals surface area contributed by atoms with E-state index in [1.807, 2.05) is 28.3 Å². The molecule has 5 saturated heterocycles. The van der Waals surface area contributed by atoms with E-state index in [0.717, 1.165) is 84.0 Å². The molecule has 8 aliphatic rings. The highest BCUT2D eigenvalue weighted by Gasteiger charge is 2.56. The lowest BCUT2D eigenvalue weighted by Gasteiger charge is -2.48. The summed E-state index contributed by atoms with van der Waals surface area (Å²) in [6.07, 6.45) is 14.6. The van der Waals surface area contributed by atoms with Crippen LogP contribution in [0.3, 0.4) is 0 Å². The minimum absolute atomic E-state index is 0.0816. The summed E-state index contributed by atoms with van der Waals surface area (Å²) in [4.78, 5) is 88.3. The zero-order valence-corrected chi connectivity index (χ0v) is 41.4. The van der Waals surface area contributed by atoms with Gasteiger partial charge in [0.05, 0.1) is 34.6 Å². The number of anilines is 3. The van der Waals surface area contributed by atoms with Gasteiger partial charge >= 0.3 is 0 Å². The third kappa shape index (κ3) is 8.52. The Kier molecular flexibility index (Phi) is 12.1. The Labute approximate surface area is 415 Å². The fourth-order valence-corrected chi connectivity index (χ4v) is 13.1. The number of nitrogens with one attached hydrogen (secondary N) is 2. The van der Waals surface area contributed by atoms with E-state index in [1.54, 1.807) is 0 Å². The highest BCUT2D eigenvalue weighted by Crippen LogP contribution is 2.52. The number of amides is 5. The highest BCUT2D eigenvalue weighted by molar-refractivity contribution is 6.09. The number of likely N-dealkylation sites (tertiary alicyclic amines) is 3. The van der Waals surface area contributed by atoms with Crippen LogP contribution in [0.15, 0.2) is 42.7 Å². The lowest BCUT2D eigenvalue weighted by atomic mass is 9.73. The molecule has 374 valence electrons. The molecule has 7 fully saturated rings. The summed E-state index contributed by atoms with van der Waals surface area (Å²) in [6, 6.07) is 13.7. The van der Waals surface area contributed by atoms with Crippen molar-refractivity contribution in [1.29, 1.82) is 0 Å². The summed E-state index contributed by atoms with van der Waals surface area (Å²) in [5, 5.41) is 14.8. The third-order valence-electron chi connectivity index (χ3n) is 17.6. The van der Waals surface area contributed by atoms with Crippen LogP contribution in [0.1, 0.15) is 133 Å². The van der Waals surface area contributed by atoms with E-state index in [9.17, 15) is 19.2 Å². The Bertz CT molecular complexity index is 2720. The summed E-state index contributed by atoms with van der Waals surface area (Å²) in [6.45, 7) is 10.2. The monoisotopic (exact) mass is 965 g/mol. The summed E-state index contributed by atoms with van der Waals surface area (Å²) in [7, 11) is 0. The van der Waals surface area contributed by atoms with Crippen LogP contribution in [-0.2, 0) is 29.4 Å². The van der Waals surface area contributed by atoms with Gasteiger partial charge in [0, 0.05) is 92.9 Å². The van der Waals surface area contributed by atoms with Crippen LogP contribution in [0.25, 0.3) is 22.3 Å². The predicted molar refractivity (Wildman–Crippen MR) is 269 cm³/mol. The van der Waals surface area contributed by atoms with Crippen molar-refractivity contribution in [3.63, 3.8) is 0 Å². The van der Waals surface area contributed by atoms with E-state index in [2.05, 4.69) is 78.2 Å². The number of rotatable bonds is 10. The summed E-state index contributed by atoms with van der Waals surface area (Å²) < 4.78 is 2.20. The van der Waals surface area contributed by atoms with E-state index in [0.29, 0.717) is 108 Å². The van der Waals surface area contributed by atoms with E-state index < -0.39 is 11.3 Å². The maximum absolute atomic E-state index is 15.2. The second kappa shape index (κ2) is 18.6. The minimum Gasteiger partial charge on any atom is -0.366 e. The fourth-order valence-electron chi connectivity index (χ4n) is 13.1. The Hall–Kier alpha value is -5.97. The van der Waals surface area contributed by atoms with Crippen LogP contribution >= 0.6 is 0 Å². The molecule has 17 heteroatoms. The van der Waals surface area contributed by atoms with E-state index >= 15 is 4.79 Å². The van der Waals surface area contributed by atoms with Crippen molar-refractivity contribution in [2.24, 2.45) is 11.8 Å². The number of imide groups is 1. The average Bonchev–Trinajstić information content (AvgIpc) is 4.05. The van der Waals surface area contributed by atoms with Crippen molar-refractivity contribution in [1.82, 2.24) is 44.7 Å². The van der Waals surface area contributed by atoms with Gasteiger partial charge in [-0.1, -0.05) is 18.6 Å². The standard InChI is InChI=1S/C54H68N12O5/c1-33(2)65-32-55-44-31-43(57-49(48(44)65)56-37-7-8-37)36-6-10-41-45(28-36)66(39-29-38(30-39)61-20-4-3-5-21-61)53(71)54(41)18-26-64(27-19-54)52(70)35-16-24-63(25-17-35)51(69)34-14-22-62(23-15-34)46-12-11-42(59-60-46)40-9-13-47(67)58-50(40)68/h6,10-12,28,31-35,37-40H,3-5,7-9,13-27,29-30H2,1-2H3,(H,56,57)(H,58,67,68)/t38-,39+,40?. The topological polar surface area (TPSA) is 182 Å². The molecule has 1 spiro atoms. The number of benzene rings is 1. The Balaban J connectivity index is 0.695. The molecule has 71 heavy (non-hydrogen) atoms. The predicted octanol–water partition coefficient (Wildman–Crippen LogP) is 5.94. The van der Waals surface area contributed by atoms with Gasteiger partial charge < -0.3 is 34.4 Å². The number of carbonyl (C=O) groups excluding carboxylic acids is 5. The highest BCUT2D eigenvalue weighted by atomic mass is 16.2. The Morgan fingerprint density at radius 1 is 0.761 bits per heavy atom. The molecule has 3 aromatic heterocycles. The summed E-state index contributed by atoms with van der Waals surface area (Å²) in [5.41, 5.74) is 5.77. The number of hydrogen-bond acceptors (Lipinski definition) is 12. The molecular formula is C54H68N12O5. The van der Waals surface area contributed by atoms with Gasteiger partial charge in [0.15, 0.2) is 11.6 Å². The van der Waals surface area contributed by atoms with Crippen molar-refractivity contribution < 1.29 is 24.0 Å². The van der Waals surface area contributed by atoms with Crippen LogP contribution < -0.4 is 20.4 Å². The molecule has 2 saturated carbocycles. The second-order valence-electron chi connectivity index (χ2n) is 22.3. The van der Waals surface area contributed by atoms with Gasteiger partial charge in [0.2, 0.25) is 29.5 Å². The molecule has 0 bridgehead atoms. The lowest BCUT2D eigenvalue weighted by Crippen LogP contribution is -2.58. The molecule has 4 aromatic rings. The smallest absolute Gasteiger partial charge is 0.238 e. The quantitative estimate of drug-likeness (QED) is 0.179. The molecule has 1 atom stereocenters. The summed E-state index contributed by atoms with van der Waals surface area (Å²) >= 11 is 0. The maximum Gasteiger partial charge on any atom is 0.238 e. The maximum atomic E-state index is 15.2. The van der Waals surface area contributed by atoms with Crippen LogP contribution in [-0.4, -0.2) is 139 Å². The summed E-state index contributed by atoms with van der Waals surface area (Å²) in [5.74, 6) is 0.831. The van der Waals surface area contributed by atoms with Gasteiger partial charge in [0.25, 0.3) is 0 Å². The van der Waals surface area contributed by atoms with Crippen LogP contribution in [0.5, 0.6) is 0 Å². The number of pyridine rings is 1. The first-order valence-electron chi connectivity index (χ1n) is 26.9. The van der Waals surface area contributed by atoms with E-state index in [-0.39, 0.29) is 53.5 Å². The first-order valence-corrected chi connectivity index (χ1v) is 26.9. The zero-order valence-electron chi connectivity index (χ0n) is 41.4. The number of aromatic nitrogens is 5. The van der Waals surface area contributed by atoms with Gasteiger partial charge in [-0.15, -0.1) is 5.10 Å². The van der Waals surface area contributed by atoms with Crippen molar-refractivity contribution in [2.45, 2.75) is 146 Å². The molecule has 5 amide bonds. The van der Waals surface area contributed by atoms with Crippen molar-refractivity contribution >= 4 is 57.9 Å². The molecule has 6 aliphatic heterocycles. The first kappa shape index (κ1) is 46.1. The number of fused-ring (bicyclic) bond motifs is 3. The number of carbonyl (C=O) groups is 5. The first-order chi connectivity index (χ1) is 34.5. The zero-order chi connectivity index (χ0) is 48.5. The normalized spacial score (nSPS) is 25.5. The Morgan fingerprint density at radius 2 is 1.46 bits per heavy atom. The largest absolute Gasteiger partial charge is 0.366 e. The van der Waals surface area contributed by atoms with Crippen molar-refractivity contribution in [3.8, 4) is 11.3 Å². The van der Waals surface area contributed by atoms with Crippen LogP contribution in [0.2, 0.25) is 0 Å². The Morgan fingerprint density at radius 3 is 2.13 bits per heavy atom. The molecule has 2 aliphatic carbocycles. The molecule has 12 rings (SSSR count). The van der Waals surface area contributed by atoms with Crippen molar-refractivity contribution in [2.75, 3.05) is 67.5 Å². The number of nitrogens with zero attached hydrogens (tertiary/aromatic N) is 10. The van der Waals surface area contributed by atoms with Gasteiger partial charge in [-0.25, -0.2) is 9.97 Å². The van der Waals surface area contributed by atoms with Gasteiger partial charge in [-0.2, -0.15) is 5.10 Å². The van der Waals surface area contributed by atoms with Gasteiger partial charge in [-0.05, 0) is 140 Å². The third-order valence-corrected chi connectivity index (χ3v) is 17.6. The van der Waals surface area contributed by atoms with Crippen LogP contribution in [0, 0.1) is 11.8 Å². The van der Waals surface area contributed by atoms with Crippen LogP contribution in [0.4, 0.5) is 17.3 Å². The molecule has 17 nitrogen and oxygen atoms in total. The SMILES string of the molecule is CC(C)n1cnc2cc(-c3ccc4c(c3)N([C@H]3C[C@@H](N5CCCCC5)C3)C(=O)C43CCN(C(=O)C4CCN(C(=O)C5CCN(c6ccc(C7CCC(=O)NC7=O)nn6)CC5)CC4)CC3)nc(NC3CC3)c21. The molecule has 9 heterocycles. The molecular weight excluding hydrogens is 897 g/mol. The molecule has 2 N–H and O–H groups in total. The average molecular weight is 965 g/mol.